The van der Waals surface area contributed by atoms with Crippen LogP contribution in [0.1, 0.15) is 21.5 Å². The average molecular weight is 207 g/mol. The van der Waals surface area contributed by atoms with Gasteiger partial charge in [-0.2, -0.15) is 5.26 Å². The normalized spacial score (nSPS) is 8.40. The highest BCUT2D eigenvalue weighted by atomic mass is 16.4. The molecule has 0 aliphatic carbocycles. The predicted molar refractivity (Wildman–Crippen MR) is 55.4 cm³/mol. The minimum Gasteiger partial charge on any atom is -0.392 e. The number of carbonyl (C=O) groups is 1. The standard InChI is InChI=1S/C9H7NO2.C2H6O/c10-4-9-3-7(5-11)1-2-8(9)6-12;1-3-2/h1-3,5,12H,6H2;1-2H3. The lowest BCUT2D eigenvalue weighted by atomic mass is 10.1. The predicted octanol–water partition coefficient (Wildman–Crippen LogP) is 1.13. The van der Waals surface area contributed by atoms with E-state index in [-0.39, 0.29) is 6.61 Å². The van der Waals surface area contributed by atoms with Gasteiger partial charge < -0.3 is 9.84 Å². The van der Waals surface area contributed by atoms with Crippen LogP contribution < -0.4 is 0 Å². The lowest BCUT2D eigenvalue weighted by Gasteiger charge is -1.98. The van der Waals surface area contributed by atoms with Gasteiger partial charge in [-0.15, -0.1) is 0 Å². The number of ether oxygens (including phenoxy) is 1. The third-order valence-corrected chi connectivity index (χ3v) is 1.56. The second-order valence-electron chi connectivity index (χ2n) is 2.71. The molecular weight excluding hydrogens is 194 g/mol. The van der Waals surface area contributed by atoms with Crippen LogP contribution in [0.4, 0.5) is 0 Å². The van der Waals surface area contributed by atoms with Crippen LogP contribution in [0.15, 0.2) is 18.2 Å². The lowest BCUT2D eigenvalue weighted by molar-refractivity contribution is 0.112. The van der Waals surface area contributed by atoms with Crippen molar-refractivity contribution in [1.29, 1.82) is 5.26 Å². The molecule has 0 radical (unpaired) electrons. The molecule has 0 aliphatic rings. The summed E-state index contributed by atoms with van der Waals surface area (Å²) < 4.78 is 4.25. The molecule has 0 heterocycles. The number of nitrogens with zero attached hydrogens (tertiary/aromatic N) is 1. The van der Waals surface area contributed by atoms with Gasteiger partial charge in [0, 0.05) is 19.8 Å². The molecule has 0 saturated carbocycles. The van der Waals surface area contributed by atoms with Crippen LogP contribution in [0.2, 0.25) is 0 Å². The SMILES string of the molecule is COC.N#Cc1cc(C=O)ccc1CO. The summed E-state index contributed by atoms with van der Waals surface area (Å²) >= 11 is 0. The van der Waals surface area contributed by atoms with Crippen LogP contribution in [-0.2, 0) is 11.3 Å². The number of benzene rings is 1. The Bertz CT molecular complexity index is 355. The summed E-state index contributed by atoms with van der Waals surface area (Å²) in [6, 6.07) is 6.50. The van der Waals surface area contributed by atoms with E-state index in [2.05, 4.69) is 4.74 Å². The maximum atomic E-state index is 10.3. The molecule has 0 aliphatic heterocycles. The third-order valence-electron chi connectivity index (χ3n) is 1.56. The minimum atomic E-state index is -0.179. The van der Waals surface area contributed by atoms with E-state index in [0.29, 0.717) is 23.0 Å². The van der Waals surface area contributed by atoms with Crippen molar-refractivity contribution in [3.8, 4) is 6.07 Å². The molecule has 1 aromatic rings. The van der Waals surface area contributed by atoms with Crippen LogP contribution in [0.3, 0.4) is 0 Å². The molecular formula is C11H13NO3. The second kappa shape index (κ2) is 7.68. The summed E-state index contributed by atoms with van der Waals surface area (Å²) in [5, 5.41) is 17.4. The first-order chi connectivity index (χ1) is 7.23. The van der Waals surface area contributed by atoms with Gasteiger partial charge in [-0.05, 0) is 11.6 Å². The van der Waals surface area contributed by atoms with E-state index < -0.39 is 0 Å². The lowest BCUT2D eigenvalue weighted by Crippen LogP contribution is -1.91. The van der Waals surface area contributed by atoms with Gasteiger partial charge in [-0.3, -0.25) is 4.79 Å². The third kappa shape index (κ3) is 4.36. The zero-order chi connectivity index (χ0) is 11.7. The van der Waals surface area contributed by atoms with Crippen molar-refractivity contribution in [1.82, 2.24) is 0 Å². The zero-order valence-electron chi connectivity index (χ0n) is 8.73. The van der Waals surface area contributed by atoms with Crippen LogP contribution in [0.25, 0.3) is 0 Å². The molecule has 0 saturated heterocycles. The Kier molecular flexibility index (Phi) is 6.81. The average Bonchev–Trinajstić information content (AvgIpc) is 2.29. The Hall–Kier alpha value is -1.70. The monoisotopic (exact) mass is 207 g/mol. The van der Waals surface area contributed by atoms with Crippen molar-refractivity contribution < 1.29 is 14.6 Å². The van der Waals surface area contributed by atoms with Gasteiger partial charge in [0.1, 0.15) is 6.29 Å². The van der Waals surface area contributed by atoms with Gasteiger partial charge in [-0.1, -0.05) is 12.1 Å². The van der Waals surface area contributed by atoms with Crippen molar-refractivity contribution in [2.75, 3.05) is 14.2 Å². The Morgan fingerprint density at radius 1 is 1.53 bits per heavy atom. The molecule has 4 heteroatoms. The Labute approximate surface area is 88.7 Å². The molecule has 0 bridgehead atoms. The summed E-state index contributed by atoms with van der Waals surface area (Å²) in [6.45, 7) is -0.179. The van der Waals surface area contributed by atoms with E-state index in [4.69, 9.17) is 10.4 Å². The fourth-order valence-electron chi connectivity index (χ4n) is 0.909. The molecule has 1 N–H and O–H groups in total. The number of methoxy groups -OCH3 is 1. The highest BCUT2D eigenvalue weighted by Gasteiger charge is 2.00. The Morgan fingerprint density at radius 3 is 2.53 bits per heavy atom. The van der Waals surface area contributed by atoms with Crippen molar-refractivity contribution in [2.45, 2.75) is 6.61 Å². The van der Waals surface area contributed by atoms with Gasteiger partial charge in [-0.25, -0.2) is 0 Å². The Morgan fingerprint density at radius 2 is 2.13 bits per heavy atom. The molecule has 0 aromatic heterocycles. The van der Waals surface area contributed by atoms with E-state index in [9.17, 15) is 4.79 Å². The van der Waals surface area contributed by atoms with Gasteiger partial charge in [0.05, 0.1) is 18.2 Å². The maximum Gasteiger partial charge on any atom is 0.150 e. The van der Waals surface area contributed by atoms with Crippen LogP contribution >= 0.6 is 0 Å². The molecule has 0 unspecified atom stereocenters. The topological polar surface area (TPSA) is 70.3 Å². The van der Waals surface area contributed by atoms with E-state index in [1.165, 1.54) is 6.07 Å². The second-order valence-corrected chi connectivity index (χ2v) is 2.71. The van der Waals surface area contributed by atoms with Crippen LogP contribution in [-0.4, -0.2) is 25.6 Å². The quantitative estimate of drug-likeness (QED) is 0.738. The van der Waals surface area contributed by atoms with Gasteiger partial charge in [0.2, 0.25) is 0 Å². The van der Waals surface area contributed by atoms with Crippen molar-refractivity contribution in [3.63, 3.8) is 0 Å². The first-order valence-corrected chi connectivity index (χ1v) is 4.22. The number of hydrogen-bond acceptors (Lipinski definition) is 4. The molecule has 15 heavy (non-hydrogen) atoms. The number of carbonyl (C=O) groups excluding carboxylic acids is 1. The van der Waals surface area contributed by atoms with Crippen molar-refractivity contribution in [2.24, 2.45) is 0 Å². The number of aliphatic hydroxyl groups is 1. The van der Waals surface area contributed by atoms with Crippen LogP contribution in [0.5, 0.6) is 0 Å². The summed E-state index contributed by atoms with van der Waals surface area (Å²) in [6.07, 6.45) is 0.669. The number of aldehydes is 1. The van der Waals surface area contributed by atoms with E-state index in [1.54, 1.807) is 26.4 Å². The summed E-state index contributed by atoms with van der Waals surface area (Å²) in [5.74, 6) is 0. The molecule has 0 amide bonds. The summed E-state index contributed by atoms with van der Waals surface area (Å²) in [5.41, 5.74) is 1.34. The summed E-state index contributed by atoms with van der Waals surface area (Å²) in [4.78, 5) is 10.3. The molecule has 0 atom stereocenters. The highest BCUT2D eigenvalue weighted by molar-refractivity contribution is 5.75. The van der Waals surface area contributed by atoms with E-state index in [0.717, 1.165) is 0 Å². The minimum absolute atomic E-state index is 0.179. The number of nitriles is 1. The van der Waals surface area contributed by atoms with Gasteiger partial charge in [0.25, 0.3) is 0 Å². The fourth-order valence-corrected chi connectivity index (χ4v) is 0.909. The molecule has 1 rings (SSSR count). The number of aliphatic hydroxyl groups excluding tert-OH is 1. The molecule has 0 spiro atoms. The summed E-state index contributed by atoms with van der Waals surface area (Å²) in [7, 11) is 3.25. The Balaban J connectivity index is 0.000000583. The molecule has 0 fully saturated rings. The largest absolute Gasteiger partial charge is 0.392 e. The number of hydrogen-bond donors (Lipinski definition) is 1. The maximum absolute atomic E-state index is 10.3. The fraction of sp³-hybridized carbons (Fsp3) is 0.273. The van der Waals surface area contributed by atoms with E-state index >= 15 is 0 Å². The highest BCUT2D eigenvalue weighted by Crippen LogP contribution is 2.09. The van der Waals surface area contributed by atoms with Gasteiger partial charge in [0.15, 0.2) is 0 Å². The van der Waals surface area contributed by atoms with Gasteiger partial charge >= 0.3 is 0 Å². The molecule has 4 nitrogen and oxygen atoms in total. The molecule has 1 aromatic carbocycles. The first kappa shape index (κ1) is 13.3. The van der Waals surface area contributed by atoms with Crippen LogP contribution in [0, 0.1) is 11.3 Å². The zero-order valence-corrected chi connectivity index (χ0v) is 8.73. The first-order valence-electron chi connectivity index (χ1n) is 4.22. The number of rotatable bonds is 2. The van der Waals surface area contributed by atoms with Crippen molar-refractivity contribution in [3.05, 3.63) is 34.9 Å². The smallest absolute Gasteiger partial charge is 0.150 e. The van der Waals surface area contributed by atoms with Crippen molar-refractivity contribution >= 4 is 6.29 Å². The van der Waals surface area contributed by atoms with E-state index in [1.807, 2.05) is 6.07 Å². The molecule has 80 valence electrons.